The second-order valence-corrected chi connectivity index (χ2v) is 7.93. The van der Waals surface area contributed by atoms with E-state index in [4.69, 9.17) is 32.4 Å². The summed E-state index contributed by atoms with van der Waals surface area (Å²) in [5.74, 6) is -0.162. The van der Waals surface area contributed by atoms with Crippen LogP contribution in [0, 0.1) is 0 Å². The molecule has 194 valence electrons. The summed E-state index contributed by atoms with van der Waals surface area (Å²) in [6.07, 6.45) is 5.72. The average Bonchev–Trinajstić information content (AvgIpc) is 2.78. The Morgan fingerprint density at radius 3 is 1.82 bits per heavy atom. The number of carbonyl (C=O) groups excluding carboxylic acids is 3. The largest absolute Gasteiger partial charge is 0.448 e. The number of nitrogens with one attached hydrogen (secondary N) is 3. The monoisotopic (exact) mass is 475 g/mol. The number of carbonyl (C=O) groups is 3. The topological polar surface area (TPSA) is 210 Å². The molecule has 12 heteroatoms. The Kier molecular flexibility index (Phi) is 20.3. The van der Waals surface area contributed by atoms with Crippen molar-refractivity contribution >= 4 is 18.1 Å². The van der Waals surface area contributed by atoms with Crippen LogP contribution >= 0.6 is 0 Å². The maximum Gasteiger partial charge on any atom is 0.407 e. The van der Waals surface area contributed by atoms with Gasteiger partial charge in [-0.25, -0.2) is 9.59 Å². The minimum atomic E-state index is -0.912. The highest BCUT2D eigenvalue weighted by atomic mass is 16.6. The molecule has 0 bridgehead atoms. The van der Waals surface area contributed by atoms with Crippen molar-refractivity contribution in [3.05, 3.63) is 0 Å². The van der Waals surface area contributed by atoms with Crippen LogP contribution in [0.15, 0.2) is 0 Å². The molecule has 0 aromatic heterocycles. The number of rotatable bonds is 21. The van der Waals surface area contributed by atoms with Crippen LogP contribution in [0.25, 0.3) is 0 Å². The van der Waals surface area contributed by atoms with Gasteiger partial charge in [-0.05, 0) is 64.7 Å². The second-order valence-electron chi connectivity index (χ2n) is 7.93. The Hall–Kier alpha value is -2.15. The number of amides is 3. The van der Waals surface area contributed by atoms with E-state index in [-0.39, 0.29) is 31.7 Å². The molecule has 0 saturated heterocycles. The van der Waals surface area contributed by atoms with Crippen LogP contribution in [0.5, 0.6) is 0 Å². The van der Waals surface area contributed by atoms with Crippen molar-refractivity contribution in [3.8, 4) is 0 Å². The number of primary amides is 1. The Morgan fingerprint density at radius 2 is 1.24 bits per heavy atom. The molecule has 0 saturated carbocycles. The number of hydrogen-bond donors (Lipinski definition) is 7. The lowest BCUT2D eigenvalue weighted by Gasteiger charge is -2.21. The van der Waals surface area contributed by atoms with Crippen LogP contribution in [0.1, 0.15) is 57.8 Å². The van der Waals surface area contributed by atoms with Crippen molar-refractivity contribution in [2.75, 3.05) is 45.9 Å². The molecule has 0 aliphatic rings. The summed E-state index contributed by atoms with van der Waals surface area (Å²) < 4.78 is 10.1. The molecule has 11 N–H and O–H groups in total. The maximum absolute atomic E-state index is 12.3. The van der Waals surface area contributed by atoms with Crippen LogP contribution in [0.2, 0.25) is 0 Å². The lowest BCUT2D eigenvalue weighted by molar-refractivity contribution is -0.121. The highest BCUT2D eigenvalue weighted by molar-refractivity contribution is 5.78. The van der Waals surface area contributed by atoms with E-state index in [1.807, 2.05) is 0 Å². The van der Waals surface area contributed by atoms with Crippen molar-refractivity contribution in [2.45, 2.75) is 69.9 Å². The number of alkyl carbamates (subject to hydrolysis) is 1. The Balaban J connectivity index is 4.51. The first-order chi connectivity index (χ1) is 15.9. The Bertz CT molecular complexity index is 525. The molecular weight excluding hydrogens is 430 g/mol. The van der Waals surface area contributed by atoms with Gasteiger partial charge in [0.05, 0.1) is 18.6 Å². The molecule has 33 heavy (non-hydrogen) atoms. The van der Waals surface area contributed by atoms with Crippen molar-refractivity contribution in [3.63, 3.8) is 0 Å². The minimum absolute atomic E-state index is 0.0187. The first kappa shape index (κ1) is 30.9. The predicted molar refractivity (Wildman–Crippen MR) is 127 cm³/mol. The standard InChI is InChI=1S/C21H45N7O5/c22-10-4-1-7-13-26-14-19(29)27-17(8-2-5-11-23)16-33-21(31)28-18(9-3-6-12-24)15-32-20(25)30/h17-18,26H,1-16,22-24H2,(H2,25,30)(H,27,29)(H,28,31)/t17-,18+/m1/s1. The summed E-state index contributed by atoms with van der Waals surface area (Å²) >= 11 is 0. The summed E-state index contributed by atoms with van der Waals surface area (Å²) in [6.45, 7) is 2.65. The molecule has 0 aromatic carbocycles. The average molecular weight is 476 g/mol. The number of unbranched alkanes of at least 4 members (excludes halogenated alkanes) is 4. The molecule has 3 amide bonds. The van der Waals surface area contributed by atoms with Gasteiger partial charge in [0.25, 0.3) is 0 Å². The van der Waals surface area contributed by atoms with Crippen molar-refractivity contribution < 1.29 is 23.9 Å². The molecule has 0 heterocycles. The zero-order valence-electron chi connectivity index (χ0n) is 19.8. The van der Waals surface area contributed by atoms with Crippen molar-refractivity contribution in [1.29, 1.82) is 0 Å². The van der Waals surface area contributed by atoms with Gasteiger partial charge in [-0.3, -0.25) is 4.79 Å². The molecular formula is C21H45N7O5. The fraction of sp³-hybridized carbons (Fsp3) is 0.857. The normalized spacial score (nSPS) is 12.6. The fourth-order valence-corrected chi connectivity index (χ4v) is 3.08. The van der Waals surface area contributed by atoms with Crippen LogP contribution in [-0.4, -0.2) is 76.1 Å². The van der Waals surface area contributed by atoms with Gasteiger partial charge in [-0.2, -0.15) is 0 Å². The van der Waals surface area contributed by atoms with Gasteiger partial charge >= 0.3 is 12.2 Å². The van der Waals surface area contributed by atoms with Gasteiger partial charge in [0.2, 0.25) is 5.91 Å². The fourth-order valence-electron chi connectivity index (χ4n) is 3.08. The van der Waals surface area contributed by atoms with Crippen LogP contribution in [0.4, 0.5) is 9.59 Å². The number of hydrogen-bond acceptors (Lipinski definition) is 9. The third-order valence-electron chi connectivity index (χ3n) is 4.89. The van der Waals surface area contributed by atoms with Crippen LogP contribution < -0.4 is 38.9 Å². The highest BCUT2D eigenvalue weighted by Gasteiger charge is 2.18. The third-order valence-corrected chi connectivity index (χ3v) is 4.89. The zero-order valence-corrected chi connectivity index (χ0v) is 19.8. The molecule has 0 radical (unpaired) electrons. The van der Waals surface area contributed by atoms with E-state index in [9.17, 15) is 14.4 Å². The van der Waals surface area contributed by atoms with E-state index in [0.717, 1.165) is 51.5 Å². The smallest absolute Gasteiger partial charge is 0.407 e. The quantitative estimate of drug-likeness (QED) is 0.108. The maximum atomic E-state index is 12.3. The van der Waals surface area contributed by atoms with Crippen LogP contribution in [-0.2, 0) is 14.3 Å². The van der Waals surface area contributed by atoms with E-state index in [0.29, 0.717) is 32.5 Å². The highest BCUT2D eigenvalue weighted by Crippen LogP contribution is 2.04. The van der Waals surface area contributed by atoms with Gasteiger partial charge in [0, 0.05) is 0 Å². The zero-order chi connectivity index (χ0) is 24.7. The minimum Gasteiger partial charge on any atom is -0.448 e. The first-order valence-corrected chi connectivity index (χ1v) is 11.9. The SMILES string of the molecule is NCCCCCNCC(=O)N[C@H](CCCCN)COC(=O)N[C@@H](CCCCN)COC(N)=O. The van der Waals surface area contributed by atoms with Crippen molar-refractivity contribution in [1.82, 2.24) is 16.0 Å². The lowest BCUT2D eigenvalue weighted by atomic mass is 10.1. The molecule has 0 rings (SSSR count). The summed E-state index contributed by atoms with van der Waals surface area (Å²) in [7, 11) is 0. The van der Waals surface area contributed by atoms with E-state index in [1.54, 1.807) is 0 Å². The van der Waals surface area contributed by atoms with E-state index >= 15 is 0 Å². The van der Waals surface area contributed by atoms with E-state index < -0.39 is 18.2 Å². The number of nitrogens with two attached hydrogens (primary N) is 4. The summed E-state index contributed by atoms with van der Waals surface area (Å²) in [5.41, 5.74) is 21.5. The molecule has 2 atom stereocenters. The molecule has 12 nitrogen and oxygen atoms in total. The summed E-state index contributed by atoms with van der Waals surface area (Å²) in [4.78, 5) is 35.4. The molecule has 0 fully saturated rings. The van der Waals surface area contributed by atoms with Gasteiger partial charge in [0.15, 0.2) is 0 Å². The van der Waals surface area contributed by atoms with Gasteiger partial charge in [0.1, 0.15) is 13.2 Å². The molecule has 0 spiro atoms. The predicted octanol–water partition coefficient (Wildman–Crippen LogP) is -0.362. The Morgan fingerprint density at radius 1 is 0.697 bits per heavy atom. The van der Waals surface area contributed by atoms with Crippen LogP contribution in [0.3, 0.4) is 0 Å². The van der Waals surface area contributed by atoms with Gasteiger partial charge in [-0.15, -0.1) is 0 Å². The molecule has 0 aliphatic carbocycles. The summed E-state index contributed by atoms with van der Waals surface area (Å²) in [5, 5.41) is 8.68. The van der Waals surface area contributed by atoms with E-state index in [1.165, 1.54) is 0 Å². The lowest BCUT2D eigenvalue weighted by Crippen LogP contribution is -2.45. The second kappa shape index (κ2) is 21.7. The molecule has 0 aromatic rings. The van der Waals surface area contributed by atoms with Gasteiger partial charge < -0.3 is 48.4 Å². The number of ether oxygens (including phenoxy) is 2. The first-order valence-electron chi connectivity index (χ1n) is 11.9. The van der Waals surface area contributed by atoms with E-state index in [2.05, 4.69) is 16.0 Å². The van der Waals surface area contributed by atoms with Gasteiger partial charge in [-0.1, -0.05) is 19.3 Å². The molecule has 0 unspecified atom stereocenters. The molecule has 0 aliphatic heterocycles. The van der Waals surface area contributed by atoms with Crippen molar-refractivity contribution in [2.24, 2.45) is 22.9 Å². The Labute approximate surface area is 197 Å². The summed E-state index contributed by atoms with van der Waals surface area (Å²) in [6, 6.07) is -0.767. The third kappa shape index (κ3) is 20.2.